The number of anilines is 1. The van der Waals surface area contributed by atoms with Crippen LogP contribution in [-0.4, -0.2) is 27.3 Å². The van der Waals surface area contributed by atoms with Crippen LogP contribution in [0.15, 0.2) is 27.9 Å². The molecule has 1 saturated heterocycles. The monoisotopic (exact) mass is 315 g/mol. The zero-order valence-electron chi connectivity index (χ0n) is 12.2. The van der Waals surface area contributed by atoms with Crippen molar-refractivity contribution in [1.29, 1.82) is 0 Å². The molecule has 0 radical (unpaired) electrons. The number of carbonyl (C=O) groups is 3. The summed E-state index contributed by atoms with van der Waals surface area (Å²) in [5.74, 6) is -2.35. The maximum absolute atomic E-state index is 12.7. The van der Waals surface area contributed by atoms with Crippen molar-refractivity contribution < 1.29 is 14.4 Å². The Hall–Kier alpha value is -2.77. The number of rotatable bonds is 1. The van der Waals surface area contributed by atoms with Crippen LogP contribution in [0.2, 0.25) is 0 Å². The molecule has 1 aromatic rings. The minimum atomic E-state index is -0.896. The molecule has 1 saturated carbocycles. The highest BCUT2D eigenvalue weighted by molar-refractivity contribution is 6.22. The molecule has 8 nitrogen and oxygen atoms in total. The number of imide groups is 1. The molecular formula is C15H13N3O5. The summed E-state index contributed by atoms with van der Waals surface area (Å²) >= 11 is 0. The van der Waals surface area contributed by atoms with Gasteiger partial charge in [0.1, 0.15) is 5.69 Å². The van der Waals surface area contributed by atoms with Crippen molar-refractivity contribution in [2.75, 3.05) is 4.90 Å². The second-order valence-electron chi connectivity index (χ2n) is 6.17. The fourth-order valence-corrected chi connectivity index (χ4v) is 3.99. The van der Waals surface area contributed by atoms with Gasteiger partial charge in [0.2, 0.25) is 17.7 Å². The first-order chi connectivity index (χ1) is 10.9. The van der Waals surface area contributed by atoms with E-state index in [1.807, 2.05) is 17.1 Å². The number of nitrogens with zero attached hydrogens (tertiary/aromatic N) is 2. The molecule has 3 aliphatic rings. The maximum atomic E-state index is 12.7. The number of aromatic nitrogens is 2. The molecule has 0 spiro atoms. The summed E-state index contributed by atoms with van der Waals surface area (Å²) in [6.07, 6.45) is 5.64. The number of carbonyl (C=O) groups excluding carboxylic acids is 3. The van der Waals surface area contributed by atoms with E-state index in [1.54, 1.807) is 0 Å². The Morgan fingerprint density at radius 1 is 1.09 bits per heavy atom. The molecule has 4 rings (SSSR count). The molecule has 1 aromatic heterocycles. The number of allylic oxidation sites excluding steroid dienone is 2. The minimum absolute atomic E-state index is 0.0178. The zero-order valence-corrected chi connectivity index (χ0v) is 12.2. The molecule has 2 amide bonds. The van der Waals surface area contributed by atoms with Crippen LogP contribution in [-0.2, 0) is 9.59 Å². The van der Waals surface area contributed by atoms with Gasteiger partial charge in [-0.3, -0.25) is 24.2 Å². The lowest BCUT2D eigenvalue weighted by Gasteiger charge is -2.16. The van der Waals surface area contributed by atoms with Crippen LogP contribution in [0.5, 0.6) is 0 Å². The van der Waals surface area contributed by atoms with Crippen molar-refractivity contribution in [3.05, 3.63) is 39.2 Å². The summed E-state index contributed by atoms with van der Waals surface area (Å²) in [6.45, 7) is 1.15. The van der Waals surface area contributed by atoms with Crippen molar-refractivity contribution in [3.8, 4) is 0 Å². The standard InChI is InChI=1S/C15H13N3O5/c1-6(19)17-5-9(12(20)16-15(17)23)18-13(21)10-7-2-3-8(4-7)11(10)14(18)22/h2-3,5,7-8,10-11H,4H2,1H3,(H,16,20,23)/t7-,8-,10-,11-/m0/s1. The lowest BCUT2D eigenvalue weighted by Crippen LogP contribution is -2.41. The van der Waals surface area contributed by atoms with E-state index in [9.17, 15) is 24.0 Å². The van der Waals surface area contributed by atoms with E-state index < -0.39 is 40.8 Å². The number of hydrogen-bond acceptors (Lipinski definition) is 5. The second-order valence-corrected chi connectivity index (χ2v) is 6.17. The summed E-state index contributed by atoms with van der Waals surface area (Å²) in [4.78, 5) is 63.2. The number of nitrogens with one attached hydrogen (secondary N) is 1. The van der Waals surface area contributed by atoms with Gasteiger partial charge >= 0.3 is 5.69 Å². The van der Waals surface area contributed by atoms with Gasteiger partial charge in [-0.2, -0.15) is 0 Å². The molecule has 2 fully saturated rings. The summed E-state index contributed by atoms with van der Waals surface area (Å²) in [5, 5.41) is 0. The Labute approximate surface area is 129 Å². The summed E-state index contributed by atoms with van der Waals surface area (Å²) in [7, 11) is 0. The quantitative estimate of drug-likeness (QED) is 0.555. The van der Waals surface area contributed by atoms with E-state index in [0.717, 1.165) is 24.4 Å². The average molecular weight is 315 g/mol. The number of aromatic amines is 1. The highest BCUT2D eigenvalue weighted by Gasteiger charge is 2.60. The van der Waals surface area contributed by atoms with Gasteiger partial charge in [-0.15, -0.1) is 0 Å². The van der Waals surface area contributed by atoms with E-state index in [-0.39, 0.29) is 17.5 Å². The molecule has 1 N–H and O–H groups in total. The molecule has 0 unspecified atom stereocenters. The number of hydrogen-bond donors (Lipinski definition) is 1. The fourth-order valence-electron chi connectivity index (χ4n) is 3.99. The lowest BCUT2D eigenvalue weighted by molar-refractivity contribution is -0.123. The summed E-state index contributed by atoms with van der Waals surface area (Å²) < 4.78 is 0.679. The topological polar surface area (TPSA) is 109 Å². The van der Waals surface area contributed by atoms with Gasteiger partial charge < -0.3 is 0 Å². The smallest absolute Gasteiger partial charge is 0.274 e. The van der Waals surface area contributed by atoms with Crippen LogP contribution in [0.4, 0.5) is 5.69 Å². The van der Waals surface area contributed by atoms with E-state index in [1.165, 1.54) is 0 Å². The van der Waals surface area contributed by atoms with Crippen molar-refractivity contribution >= 4 is 23.4 Å². The Balaban J connectivity index is 1.84. The van der Waals surface area contributed by atoms with Crippen LogP contribution in [0.25, 0.3) is 0 Å². The highest BCUT2D eigenvalue weighted by Crippen LogP contribution is 2.52. The van der Waals surface area contributed by atoms with Crippen molar-refractivity contribution in [2.45, 2.75) is 13.3 Å². The third kappa shape index (κ3) is 1.68. The Morgan fingerprint density at radius 3 is 2.17 bits per heavy atom. The average Bonchev–Trinajstić information content (AvgIpc) is 3.14. The van der Waals surface area contributed by atoms with Crippen LogP contribution in [0.3, 0.4) is 0 Å². The van der Waals surface area contributed by atoms with Crippen molar-refractivity contribution in [3.63, 3.8) is 0 Å². The molecular weight excluding hydrogens is 302 g/mol. The lowest BCUT2D eigenvalue weighted by atomic mass is 9.85. The number of fused-ring (bicyclic) bond motifs is 5. The Bertz CT molecular complexity index is 878. The molecule has 2 heterocycles. The van der Waals surface area contributed by atoms with Gasteiger partial charge in [-0.1, -0.05) is 12.2 Å². The molecule has 23 heavy (non-hydrogen) atoms. The maximum Gasteiger partial charge on any atom is 0.335 e. The van der Waals surface area contributed by atoms with Gasteiger partial charge in [-0.25, -0.2) is 14.3 Å². The minimum Gasteiger partial charge on any atom is -0.274 e. The molecule has 1 aliphatic heterocycles. The van der Waals surface area contributed by atoms with Gasteiger partial charge in [0.15, 0.2) is 0 Å². The third-order valence-electron chi connectivity index (χ3n) is 4.97. The van der Waals surface area contributed by atoms with E-state index in [4.69, 9.17) is 0 Å². The molecule has 0 aromatic carbocycles. The molecule has 2 bridgehead atoms. The molecule has 4 atom stereocenters. The fraction of sp³-hybridized carbons (Fsp3) is 0.400. The Morgan fingerprint density at radius 2 is 1.65 bits per heavy atom. The van der Waals surface area contributed by atoms with Crippen LogP contribution in [0, 0.1) is 23.7 Å². The van der Waals surface area contributed by atoms with Gasteiger partial charge in [0, 0.05) is 13.1 Å². The van der Waals surface area contributed by atoms with Gasteiger partial charge in [-0.05, 0) is 18.3 Å². The second kappa shape index (κ2) is 4.37. The first kappa shape index (κ1) is 13.9. The first-order valence-corrected chi connectivity index (χ1v) is 7.33. The SMILES string of the molecule is CC(=O)n1cc(N2C(=O)[C@@H]3[C@@H](C2=O)[C@H]2C=C[C@H]3C2)c(=O)[nH]c1=O. The first-order valence-electron chi connectivity index (χ1n) is 7.33. The molecule has 8 heteroatoms. The van der Waals surface area contributed by atoms with E-state index in [0.29, 0.717) is 4.57 Å². The van der Waals surface area contributed by atoms with Crippen molar-refractivity contribution in [2.24, 2.45) is 23.7 Å². The third-order valence-corrected chi connectivity index (χ3v) is 4.97. The largest absolute Gasteiger partial charge is 0.335 e. The Kier molecular flexibility index (Phi) is 2.64. The van der Waals surface area contributed by atoms with E-state index >= 15 is 0 Å². The summed E-state index contributed by atoms with van der Waals surface area (Å²) in [6, 6.07) is 0. The predicted octanol–water partition coefficient (Wildman–Crippen LogP) is -0.492. The van der Waals surface area contributed by atoms with Crippen LogP contribution >= 0.6 is 0 Å². The number of H-pyrrole nitrogens is 1. The van der Waals surface area contributed by atoms with Gasteiger partial charge in [0.25, 0.3) is 5.56 Å². The molecule has 118 valence electrons. The highest BCUT2D eigenvalue weighted by atomic mass is 16.2. The van der Waals surface area contributed by atoms with E-state index in [2.05, 4.69) is 0 Å². The zero-order chi connectivity index (χ0) is 16.5. The normalized spacial score (nSPS) is 31.1. The predicted molar refractivity (Wildman–Crippen MR) is 77.8 cm³/mol. The van der Waals surface area contributed by atoms with Crippen LogP contribution in [0.1, 0.15) is 18.1 Å². The van der Waals surface area contributed by atoms with Crippen LogP contribution < -0.4 is 16.1 Å². The number of amides is 2. The molecule has 2 aliphatic carbocycles. The summed E-state index contributed by atoms with van der Waals surface area (Å²) in [5.41, 5.74) is -2.02. The van der Waals surface area contributed by atoms with Gasteiger partial charge in [0.05, 0.1) is 11.8 Å². The van der Waals surface area contributed by atoms with Crippen molar-refractivity contribution in [1.82, 2.24) is 9.55 Å².